The van der Waals surface area contributed by atoms with Gasteiger partial charge in [-0.15, -0.1) is 0 Å². The Balaban J connectivity index is 3.12. The van der Waals surface area contributed by atoms with Crippen molar-refractivity contribution in [2.45, 2.75) is 59.0 Å². The number of carbonyl (C=O) groups is 2. The molecule has 0 fully saturated rings. The average Bonchev–Trinajstić information content (AvgIpc) is 2.51. The van der Waals surface area contributed by atoms with Crippen LogP contribution >= 0.6 is 0 Å². The second kappa shape index (κ2) is 8.00. The molecule has 5 heteroatoms. The standard InChI is InChI=1S/C20H33N3O2/c1-13-10-9-11-14(12-13)20(5,6)16(21-7)18(25)23-15(17(24)22-8)19(2,3)4/h9-12,15-16,21H,1-8H3,(H,22,24)(H,23,25)/t15?,16-/m1/s1. The Labute approximate surface area is 152 Å². The molecule has 0 heterocycles. The maximum absolute atomic E-state index is 13.0. The van der Waals surface area contributed by atoms with E-state index in [4.69, 9.17) is 0 Å². The number of carbonyl (C=O) groups excluding carboxylic acids is 2. The van der Waals surface area contributed by atoms with Crippen molar-refractivity contribution in [2.24, 2.45) is 5.41 Å². The van der Waals surface area contributed by atoms with E-state index in [1.165, 1.54) is 0 Å². The van der Waals surface area contributed by atoms with E-state index in [0.717, 1.165) is 11.1 Å². The van der Waals surface area contributed by atoms with E-state index in [-0.39, 0.29) is 17.2 Å². The molecular formula is C20H33N3O2. The highest BCUT2D eigenvalue weighted by atomic mass is 16.2. The molecule has 3 N–H and O–H groups in total. The van der Waals surface area contributed by atoms with Gasteiger partial charge in [-0.1, -0.05) is 64.4 Å². The van der Waals surface area contributed by atoms with Crippen molar-refractivity contribution >= 4 is 11.8 Å². The van der Waals surface area contributed by atoms with Gasteiger partial charge in [0.15, 0.2) is 0 Å². The molecule has 1 rings (SSSR count). The molecule has 0 aromatic heterocycles. The number of rotatable bonds is 6. The van der Waals surface area contributed by atoms with Crippen LogP contribution in [0, 0.1) is 12.3 Å². The molecule has 0 aliphatic heterocycles. The molecule has 140 valence electrons. The fraction of sp³-hybridized carbons (Fsp3) is 0.600. The molecule has 2 atom stereocenters. The van der Waals surface area contributed by atoms with Crippen LogP contribution in [0.2, 0.25) is 0 Å². The smallest absolute Gasteiger partial charge is 0.242 e. The van der Waals surface area contributed by atoms with Crippen molar-refractivity contribution in [3.05, 3.63) is 35.4 Å². The maximum atomic E-state index is 13.0. The highest BCUT2D eigenvalue weighted by Crippen LogP contribution is 2.29. The van der Waals surface area contributed by atoms with Crippen LogP contribution in [0.15, 0.2) is 24.3 Å². The van der Waals surface area contributed by atoms with Crippen LogP contribution in [0.5, 0.6) is 0 Å². The van der Waals surface area contributed by atoms with Crippen LogP contribution in [0.1, 0.15) is 45.7 Å². The Kier molecular flexibility index (Phi) is 6.77. The summed E-state index contributed by atoms with van der Waals surface area (Å²) in [6.07, 6.45) is 0. The summed E-state index contributed by atoms with van der Waals surface area (Å²) in [6, 6.07) is 7.09. The van der Waals surface area contributed by atoms with Crippen LogP contribution in [0.3, 0.4) is 0 Å². The zero-order chi connectivity index (χ0) is 19.4. The lowest BCUT2D eigenvalue weighted by Gasteiger charge is -2.37. The molecule has 25 heavy (non-hydrogen) atoms. The molecule has 0 aliphatic rings. The van der Waals surface area contributed by atoms with Crippen molar-refractivity contribution in [2.75, 3.05) is 14.1 Å². The molecule has 1 unspecified atom stereocenters. The number of amides is 2. The number of nitrogens with one attached hydrogen (secondary N) is 3. The highest BCUT2D eigenvalue weighted by molar-refractivity contribution is 5.91. The molecule has 0 spiro atoms. The van der Waals surface area contributed by atoms with Gasteiger partial charge in [0.25, 0.3) is 0 Å². The first-order valence-electron chi connectivity index (χ1n) is 8.71. The first-order chi connectivity index (χ1) is 11.4. The predicted molar refractivity (Wildman–Crippen MR) is 103 cm³/mol. The largest absolute Gasteiger partial charge is 0.357 e. The van der Waals surface area contributed by atoms with E-state index in [9.17, 15) is 9.59 Å². The van der Waals surface area contributed by atoms with Crippen molar-refractivity contribution in [1.29, 1.82) is 0 Å². The number of hydrogen-bond donors (Lipinski definition) is 3. The lowest BCUT2D eigenvalue weighted by atomic mass is 9.76. The topological polar surface area (TPSA) is 70.2 Å². The number of benzene rings is 1. The normalized spacial score (nSPS) is 14.6. The van der Waals surface area contributed by atoms with Crippen molar-refractivity contribution in [3.63, 3.8) is 0 Å². The summed E-state index contributed by atoms with van der Waals surface area (Å²) in [5, 5.41) is 8.70. The van der Waals surface area contributed by atoms with Gasteiger partial charge in [-0.25, -0.2) is 0 Å². The summed E-state index contributed by atoms with van der Waals surface area (Å²) in [5.41, 5.74) is 1.41. The Morgan fingerprint density at radius 1 is 0.960 bits per heavy atom. The van der Waals surface area contributed by atoms with E-state index < -0.39 is 17.5 Å². The summed E-state index contributed by atoms with van der Waals surface area (Å²) in [5.74, 6) is -0.374. The summed E-state index contributed by atoms with van der Waals surface area (Å²) >= 11 is 0. The second-order valence-corrected chi connectivity index (χ2v) is 8.23. The number of aryl methyl sites for hydroxylation is 1. The van der Waals surface area contributed by atoms with Gasteiger partial charge >= 0.3 is 0 Å². The number of likely N-dealkylation sites (N-methyl/N-ethyl adjacent to an activating group) is 2. The van der Waals surface area contributed by atoms with Gasteiger partial charge in [-0.2, -0.15) is 0 Å². The van der Waals surface area contributed by atoms with Gasteiger partial charge in [-0.3, -0.25) is 9.59 Å². The zero-order valence-corrected chi connectivity index (χ0v) is 16.8. The van der Waals surface area contributed by atoms with E-state index >= 15 is 0 Å². The highest BCUT2D eigenvalue weighted by Gasteiger charge is 2.39. The van der Waals surface area contributed by atoms with E-state index in [1.807, 2.05) is 59.7 Å². The van der Waals surface area contributed by atoms with E-state index in [0.29, 0.717) is 0 Å². The van der Waals surface area contributed by atoms with E-state index in [1.54, 1.807) is 14.1 Å². The summed E-state index contributed by atoms with van der Waals surface area (Å²) in [7, 11) is 3.35. The zero-order valence-electron chi connectivity index (χ0n) is 16.8. The lowest BCUT2D eigenvalue weighted by Crippen LogP contribution is -2.60. The molecular weight excluding hydrogens is 314 g/mol. The quantitative estimate of drug-likeness (QED) is 0.738. The molecule has 0 bridgehead atoms. The Morgan fingerprint density at radius 2 is 1.56 bits per heavy atom. The van der Waals surface area contributed by atoms with Gasteiger partial charge < -0.3 is 16.0 Å². The summed E-state index contributed by atoms with van der Waals surface area (Å²) < 4.78 is 0. The molecule has 1 aromatic carbocycles. The Hall–Kier alpha value is -1.88. The average molecular weight is 348 g/mol. The summed E-state index contributed by atoms with van der Waals surface area (Å²) in [4.78, 5) is 25.2. The lowest BCUT2D eigenvalue weighted by molar-refractivity contribution is -0.133. The van der Waals surface area contributed by atoms with Crippen LogP contribution < -0.4 is 16.0 Å². The molecule has 1 aromatic rings. The minimum atomic E-state index is -0.603. The van der Waals surface area contributed by atoms with E-state index in [2.05, 4.69) is 22.0 Å². The van der Waals surface area contributed by atoms with Gasteiger partial charge in [0.2, 0.25) is 11.8 Å². The monoisotopic (exact) mass is 347 g/mol. The number of hydrogen-bond acceptors (Lipinski definition) is 3. The predicted octanol–water partition coefficient (Wildman–Crippen LogP) is 2.14. The van der Waals surface area contributed by atoms with Gasteiger partial charge in [-0.05, 0) is 24.9 Å². The van der Waals surface area contributed by atoms with Crippen molar-refractivity contribution in [3.8, 4) is 0 Å². The molecule has 0 saturated carbocycles. The van der Waals surface area contributed by atoms with Crippen molar-refractivity contribution < 1.29 is 9.59 Å². The second-order valence-electron chi connectivity index (χ2n) is 8.23. The van der Waals surface area contributed by atoms with Crippen molar-refractivity contribution in [1.82, 2.24) is 16.0 Å². The van der Waals surface area contributed by atoms with Crippen LogP contribution in [-0.4, -0.2) is 38.0 Å². The fourth-order valence-corrected chi connectivity index (χ4v) is 3.08. The first kappa shape index (κ1) is 21.2. The molecule has 0 saturated heterocycles. The van der Waals surface area contributed by atoms with Crippen LogP contribution in [0.4, 0.5) is 0 Å². The van der Waals surface area contributed by atoms with Crippen LogP contribution in [0.25, 0.3) is 0 Å². The molecule has 2 amide bonds. The third kappa shape index (κ3) is 5.05. The summed E-state index contributed by atoms with van der Waals surface area (Å²) in [6.45, 7) is 11.9. The van der Waals surface area contributed by atoms with Crippen LogP contribution in [-0.2, 0) is 15.0 Å². The minimum absolute atomic E-state index is 0.183. The van der Waals surface area contributed by atoms with Gasteiger partial charge in [0.05, 0.1) is 6.04 Å². The third-order valence-electron chi connectivity index (χ3n) is 4.70. The Bertz CT molecular complexity index is 618. The minimum Gasteiger partial charge on any atom is -0.357 e. The van der Waals surface area contributed by atoms with Gasteiger partial charge in [0.1, 0.15) is 6.04 Å². The first-order valence-corrected chi connectivity index (χ1v) is 8.71. The SMILES string of the molecule is CNC(=O)C(NC(=O)[C@@H](NC)C(C)(C)c1cccc(C)c1)C(C)(C)C. The molecule has 0 radical (unpaired) electrons. The maximum Gasteiger partial charge on any atom is 0.242 e. The Morgan fingerprint density at radius 3 is 2.00 bits per heavy atom. The molecule has 0 aliphatic carbocycles. The third-order valence-corrected chi connectivity index (χ3v) is 4.70. The van der Waals surface area contributed by atoms with Gasteiger partial charge in [0, 0.05) is 12.5 Å². The molecule has 5 nitrogen and oxygen atoms in total. The fourth-order valence-electron chi connectivity index (χ4n) is 3.08.